The summed E-state index contributed by atoms with van der Waals surface area (Å²) < 4.78 is 0. The van der Waals surface area contributed by atoms with Crippen LogP contribution >= 0.6 is 11.3 Å². The molecule has 0 aliphatic rings. The standard InChI is InChI=1S/C21H21N3O2S/c1-24(18-6-3-2-4-7-18)14-13-22-20(25)16-9-11-17(12-10-16)23-21(26)19-8-5-15-27-19/h2-12,15H,13-14H2,1H3,(H,22,25)(H,23,26). The molecular weight excluding hydrogens is 358 g/mol. The van der Waals surface area contributed by atoms with Gasteiger partial charge in [-0.25, -0.2) is 0 Å². The van der Waals surface area contributed by atoms with E-state index in [0.29, 0.717) is 29.2 Å². The first-order valence-corrected chi connectivity index (χ1v) is 9.51. The molecule has 1 aromatic heterocycles. The highest BCUT2D eigenvalue weighted by Gasteiger charge is 2.09. The van der Waals surface area contributed by atoms with Crippen LogP contribution in [-0.4, -0.2) is 32.0 Å². The predicted octanol–water partition coefficient (Wildman–Crippen LogP) is 3.87. The second kappa shape index (κ2) is 9.00. The molecule has 6 heteroatoms. The van der Waals surface area contributed by atoms with E-state index in [0.717, 1.165) is 5.69 Å². The fourth-order valence-corrected chi connectivity index (χ4v) is 3.18. The highest BCUT2D eigenvalue weighted by atomic mass is 32.1. The van der Waals surface area contributed by atoms with Gasteiger partial charge in [-0.1, -0.05) is 24.3 Å². The van der Waals surface area contributed by atoms with E-state index >= 15 is 0 Å². The molecule has 0 spiro atoms. The second-order valence-corrected chi connectivity index (χ2v) is 6.97. The first kappa shape index (κ1) is 18.7. The lowest BCUT2D eigenvalue weighted by atomic mass is 10.2. The Morgan fingerprint density at radius 2 is 1.67 bits per heavy atom. The molecule has 3 rings (SSSR count). The van der Waals surface area contributed by atoms with E-state index in [1.54, 1.807) is 30.3 Å². The van der Waals surface area contributed by atoms with Gasteiger partial charge in [-0.05, 0) is 47.8 Å². The number of rotatable bonds is 7. The van der Waals surface area contributed by atoms with Crippen LogP contribution in [0.5, 0.6) is 0 Å². The molecule has 5 nitrogen and oxygen atoms in total. The van der Waals surface area contributed by atoms with Gasteiger partial charge in [0.05, 0.1) is 4.88 Å². The van der Waals surface area contributed by atoms with Crippen molar-refractivity contribution < 1.29 is 9.59 Å². The van der Waals surface area contributed by atoms with Crippen LogP contribution in [0.25, 0.3) is 0 Å². The molecule has 2 amide bonds. The Labute approximate surface area is 162 Å². The Balaban J connectivity index is 1.48. The molecule has 2 aromatic carbocycles. The Hall–Kier alpha value is -3.12. The fourth-order valence-electron chi connectivity index (χ4n) is 2.56. The molecule has 0 fully saturated rings. The van der Waals surface area contributed by atoms with Gasteiger partial charge in [-0.2, -0.15) is 0 Å². The molecule has 1 heterocycles. The van der Waals surface area contributed by atoms with E-state index in [4.69, 9.17) is 0 Å². The number of amides is 2. The van der Waals surface area contributed by atoms with E-state index in [1.807, 2.05) is 48.8 Å². The van der Waals surface area contributed by atoms with Crippen molar-refractivity contribution in [2.75, 3.05) is 30.4 Å². The molecule has 0 atom stereocenters. The van der Waals surface area contributed by atoms with E-state index in [2.05, 4.69) is 15.5 Å². The Kier molecular flexibility index (Phi) is 6.22. The minimum atomic E-state index is -0.147. The predicted molar refractivity (Wildman–Crippen MR) is 111 cm³/mol. The normalized spacial score (nSPS) is 10.3. The average molecular weight is 379 g/mol. The van der Waals surface area contributed by atoms with Gasteiger partial charge in [0, 0.05) is 37.1 Å². The quantitative estimate of drug-likeness (QED) is 0.655. The average Bonchev–Trinajstić information content (AvgIpc) is 3.24. The van der Waals surface area contributed by atoms with Crippen LogP contribution in [0.15, 0.2) is 72.1 Å². The number of para-hydroxylation sites is 1. The van der Waals surface area contributed by atoms with Gasteiger partial charge in [0.1, 0.15) is 0 Å². The van der Waals surface area contributed by atoms with Crippen molar-refractivity contribution in [1.82, 2.24) is 5.32 Å². The van der Waals surface area contributed by atoms with Crippen molar-refractivity contribution in [1.29, 1.82) is 0 Å². The Bertz CT molecular complexity index is 878. The van der Waals surface area contributed by atoms with Crippen molar-refractivity contribution in [2.45, 2.75) is 0 Å². The topological polar surface area (TPSA) is 61.4 Å². The van der Waals surface area contributed by atoms with Gasteiger partial charge in [0.2, 0.25) is 0 Å². The number of likely N-dealkylation sites (N-methyl/N-ethyl adjacent to an activating group) is 1. The molecule has 0 saturated heterocycles. The lowest BCUT2D eigenvalue weighted by Gasteiger charge is -2.19. The number of nitrogens with zero attached hydrogens (tertiary/aromatic N) is 1. The first-order chi connectivity index (χ1) is 13.1. The smallest absolute Gasteiger partial charge is 0.265 e. The molecule has 2 N–H and O–H groups in total. The Morgan fingerprint density at radius 1 is 0.926 bits per heavy atom. The van der Waals surface area contributed by atoms with Gasteiger partial charge < -0.3 is 15.5 Å². The SMILES string of the molecule is CN(CCNC(=O)c1ccc(NC(=O)c2cccs2)cc1)c1ccccc1. The molecule has 0 bridgehead atoms. The molecular formula is C21H21N3O2S. The number of hydrogen-bond acceptors (Lipinski definition) is 4. The number of benzene rings is 2. The minimum absolute atomic E-state index is 0.132. The van der Waals surface area contributed by atoms with Crippen LogP contribution in [0.4, 0.5) is 11.4 Å². The maximum absolute atomic E-state index is 12.3. The van der Waals surface area contributed by atoms with Crippen LogP contribution < -0.4 is 15.5 Å². The molecule has 138 valence electrons. The van der Waals surface area contributed by atoms with Gasteiger partial charge in [0.15, 0.2) is 0 Å². The van der Waals surface area contributed by atoms with E-state index in [9.17, 15) is 9.59 Å². The molecule has 0 saturated carbocycles. The van der Waals surface area contributed by atoms with Crippen molar-refractivity contribution in [3.63, 3.8) is 0 Å². The summed E-state index contributed by atoms with van der Waals surface area (Å²) >= 11 is 1.39. The van der Waals surface area contributed by atoms with E-state index in [-0.39, 0.29) is 11.8 Å². The zero-order valence-electron chi connectivity index (χ0n) is 15.0. The molecule has 0 aliphatic heterocycles. The maximum atomic E-state index is 12.3. The number of nitrogens with one attached hydrogen (secondary N) is 2. The first-order valence-electron chi connectivity index (χ1n) is 8.63. The van der Waals surface area contributed by atoms with Crippen LogP contribution in [0.2, 0.25) is 0 Å². The highest BCUT2D eigenvalue weighted by molar-refractivity contribution is 7.12. The summed E-state index contributed by atoms with van der Waals surface area (Å²) in [5.74, 6) is -0.279. The molecule has 0 aliphatic carbocycles. The molecule has 27 heavy (non-hydrogen) atoms. The Morgan fingerprint density at radius 3 is 2.33 bits per heavy atom. The minimum Gasteiger partial charge on any atom is -0.373 e. The lowest BCUT2D eigenvalue weighted by molar-refractivity contribution is 0.0954. The number of hydrogen-bond donors (Lipinski definition) is 2. The number of anilines is 2. The van der Waals surface area contributed by atoms with Gasteiger partial charge in [-0.3, -0.25) is 9.59 Å². The number of carbonyl (C=O) groups is 2. The maximum Gasteiger partial charge on any atom is 0.265 e. The van der Waals surface area contributed by atoms with Gasteiger partial charge in [0.25, 0.3) is 11.8 Å². The summed E-state index contributed by atoms with van der Waals surface area (Å²) in [5, 5.41) is 7.59. The summed E-state index contributed by atoms with van der Waals surface area (Å²) in [6.07, 6.45) is 0. The fraction of sp³-hybridized carbons (Fsp3) is 0.143. The van der Waals surface area contributed by atoms with Crippen molar-refractivity contribution in [3.8, 4) is 0 Å². The third-order valence-corrected chi connectivity index (χ3v) is 4.95. The summed E-state index contributed by atoms with van der Waals surface area (Å²) in [6.45, 7) is 1.26. The molecule has 0 radical (unpaired) electrons. The summed E-state index contributed by atoms with van der Waals surface area (Å²) in [7, 11) is 1.99. The highest BCUT2D eigenvalue weighted by Crippen LogP contribution is 2.14. The summed E-state index contributed by atoms with van der Waals surface area (Å²) in [6, 6.07) is 20.5. The van der Waals surface area contributed by atoms with Crippen LogP contribution in [0.3, 0.4) is 0 Å². The van der Waals surface area contributed by atoms with Gasteiger partial charge >= 0.3 is 0 Å². The largest absolute Gasteiger partial charge is 0.373 e. The van der Waals surface area contributed by atoms with Crippen molar-refractivity contribution >= 4 is 34.5 Å². The second-order valence-electron chi connectivity index (χ2n) is 6.02. The van der Waals surface area contributed by atoms with Crippen LogP contribution in [0.1, 0.15) is 20.0 Å². The number of thiophene rings is 1. The van der Waals surface area contributed by atoms with E-state index in [1.165, 1.54) is 11.3 Å². The number of carbonyl (C=O) groups excluding carboxylic acids is 2. The lowest BCUT2D eigenvalue weighted by Crippen LogP contribution is -2.32. The molecule has 0 unspecified atom stereocenters. The van der Waals surface area contributed by atoms with E-state index < -0.39 is 0 Å². The van der Waals surface area contributed by atoms with Crippen molar-refractivity contribution in [2.24, 2.45) is 0 Å². The third kappa shape index (κ3) is 5.18. The van der Waals surface area contributed by atoms with Crippen LogP contribution in [0, 0.1) is 0 Å². The van der Waals surface area contributed by atoms with Gasteiger partial charge in [-0.15, -0.1) is 11.3 Å². The van der Waals surface area contributed by atoms with Crippen molar-refractivity contribution in [3.05, 3.63) is 82.6 Å². The zero-order chi connectivity index (χ0) is 19.1. The summed E-state index contributed by atoms with van der Waals surface area (Å²) in [5.41, 5.74) is 2.33. The van der Waals surface area contributed by atoms with Crippen LogP contribution in [-0.2, 0) is 0 Å². The molecule has 3 aromatic rings. The monoisotopic (exact) mass is 379 g/mol. The third-order valence-electron chi connectivity index (χ3n) is 4.08. The zero-order valence-corrected chi connectivity index (χ0v) is 15.8. The summed E-state index contributed by atoms with van der Waals surface area (Å²) in [4.78, 5) is 27.0.